The molecule has 0 saturated heterocycles. The van der Waals surface area contributed by atoms with Crippen molar-refractivity contribution in [3.8, 4) is 17.6 Å². The molecule has 6 nitrogen and oxygen atoms in total. The smallest absolute Gasteiger partial charge is 0.349 e. The van der Waals surface area contributed by atoms with Crippen LogP contribution in [0, 0.1) is 11.3 Å². The van der Waals surface area contributed by atoms with Crippen molar-refractivity contribution in [1.82, 2.24) is 0 Å². The molecule has 1 rings (SSSR count). The number of benzene rings is 1. The summed E-state index contributed by atoms with van der Waals surface area (Å²) in [7, 11) is 3.04. The van der Waals surface area contributed by atoms with Gasteiger partial charge in [0.1, 0.15) is 17.7 Å². The summed E-state index contributed by atoms with van der Waals surface area (Å²) in [6.45, 7) is 5.79. The summed E-state index contributed by atoms with van der Waals surface area (Å²) in [5.74, 6) is 0.429. The van der Waals surface area contributed by atoms with Crippen LogP contribution in [-0.4, -0.2) is 39.0 Å². The highest BCUT2D eigenvalue weighted by molar-refractivity contribution is 5.98. The summed E-state index contributed by atoms with van der Waals surface area (Å²) in [4.78, 5) is 12.0. The molecule has 0 heterocycles. The van der Waals surface area contributed by atoms with Crippen molar-refractivity contribution in [2.75, 3.05) is 20.8 Å². The Bertz CT molecular complexity index is 631. The zero-order chi connectivity index (χ0) is 18.1. The fraction of sp³-hybridized carbons (Fsp3) is 0.444. The first-order valence-corrected chi connectivity index (χ1v) is 7.57. The van der Waals surface area contributed by atoms with Gasteiger partial charge in [-0.15, -0.1) is 0 Å². The van der Waals surface area contributed by atoms with Gasteiger partial charge in [-0.05, 0) is 44.5 Å². The lowest BCUT2D eigenvalue weighted by molar-refractivity contribution is -0.145. The van der Waals surface area contributed by atoms with Crippen LogP contribution >= 0.6 is 0 Å². The Hall–Kier alpha value is -2.52. The highest BCUT2D eigenvalue weighted by atomic mass is 16.6. The van der Waals surface area contributed by atoms with Crippen LogP contribution in [0.3, 0.4) is 0 Å². The molecule has 0 aromatic heterocycles. The van der Waals surface area contributed by atoms with Crippen LogP contribution in [-0.2, 0) is 14.3 Å². The van der Waals surface area contributed by atoms with E-state index in [2.05, 4.69) is 0 Å². The summed E-state index contributed by atoms with van der Waals surface area (Å²) in [5.41, 5.74) is 0.536. The average molecular weight is 333 g/mol. The van der Waals surface area contributed by atoms with Gasteiger partial charge in [-0.25, -0.2) is 4.79 Å². The Balaban J connectivity index is 3.00. The van der Waals surface area contributed by atoms with Crippen molar-refractivity contribution in [3.63, 3.8) is 0 Å². The lowest BCUT2D eigenvalue weighted by Gasteiger charge is -2.14. The van der Waals surface area contributed by atoms with Gasteiger partial charge in [-0.2, -0.15) is 5.26 Å². The summed E-state index contributed by atoms with van der Waals surface area (Å²) < 4.78 is 21.0. The number of methoxy groups -OCH3 is 2. The highest BCUT2D eigenvalue weighted by Crippen LogP contribution is 2.29. The third-order valence-corrected chi connectivity index (χ3v) is 2.91. The topological polar surface area (TPSA) is 77.8 Å². The van der Waals surface area contributed by atoms with Gasteiger partial charge in [0, 0.05) is 7.11 Å². The normalized spacial score (nSPS) is 12.5. The number of hydrogen-bond donors (Lipinski definition) is 0. The monoisotopic (exact) mass is 333 g/mol. The first kappa shape index (κ1) is 19.5. The minimum Gasteiger partial charge on any atom is -0.493 e. The van der Waals surface area contributed by atoms with E-state index < -0.39 is 12.1 Å². The predicted molar refractivity (Wildman–Crippen MR) is 89.8 cm³/mol. The fourth-order valence-electron chi connectivity index (χ4n) is 1.94. The summed E-state index contributed by atoms with van der Waals surface area (Å²) in [5, 5.41) is 9.19. The zero-order valence-electron chi connectivity index (χ0n) is 14.7. The second-order valence-electron chi connectivity index (χ2n) is 5.42. The zero-order valence-corrected chi connectivity index (χ0v) is 14.7. The molecule has 24 heavy (non-hydrogen) atoms. The summed E-state index contributed by atoms with van der Waals surface area (Å²) in [6, 6.07) is 7.03. The molecule has 1 aromatic rings. The molecule has 0 aliphatic carbocycles. The van der Waals surface area contributed by atoms with Crippen molar-refractivity contribution >= 4 is 12.0 Å². The maximum Gasteiger partial charge on any atom is 0.349 e. The number of carbonyl (C=O) groups excluding carboxylic acids is 1. The third kappa shape index (κ3) is 5.94. The van der Waals surface area contributed by atoms with E-state index in [1.54, 1.807) is 25.1 Å². The Morgan fingerprint density at radius 1 is 1.25 bits per heavy atom. The maximum absolute atomic E-state index is 12.0. The molecule has 6 heteroatoms. The summed E-state index contributed by atoms with van der Waals surface area (Å²) in [6.07, 6.45) is 1.02. The number of hydrogen-bond acceptors (Lipinski definition) is 6. The van der Waals surface area contributed by atoms with Gasteiger partial charge in [0.05, 0.1) is 19.8 Å². The van der Waals surface area contributed by atoms with Crippen LogP contribution in [0.5, 0.6) is 11.5 Å². The molecule has 0 amide bonds. The van der Waals surface area contributed by atoms with E-state index in [9.17, 15) is 10.1 Å². The Labute approximate surface area is 142 Å². The Morgan fingerprint density at radius 2 is 1.96 bits per heavy atom. The van der Waals surface area contributed by atoms with Crippen molar-refractivity contribution in [1.29, 1.82) is 5.26 Å². The van der Waals surface area contributed by atoms with E-state index in [1.165, 1.54) is 20.3 Å². The second-order valence-corrected chi connectivity index (χ2v) is 5.42. The van der Waals surface area contributed by atoms with Gasteiger partial charge >= 0.3 is 5.97 Å². The third-order valence-electron chi connectivity index (χ3n) is 2.91. The van der Waals surface area contributed by atoms with Crippen molar-refractivity contribution in [2.45, 2.75) is 33.0 Å². The molecular weight excluding hydrogens is 310 g/mol. The molecule has 0 saturated carbocycles. The van der Waals surface area contributed by atoms with Gasteiger partial charge in [-0.3, -0.25) is 0 Å². The van der Waals surface area contributed by atoms with E-state index in [0.717, 1.165) is 0 Å². The van der Waals surface area contributed by atoms with Crippen molar-refractivity contribution in [3.05, 3.63) is 29.3 Å². The lowest BCUT2D eigenvalue weighted by Crippen LogP contribution is -2.20. The first-order valence-electron chi connectivity index (χ1n) is 7.57. The number of rotatable bonds is 8. The van der Waals surface area contributed by atoms with Crippen LogP contribution in [0.4, 0.5) is 0 Å². The molecule has 0 aliphatic heterocycles. The predicted octanol–water partition coefficient (Wildman–Crippen LogP) is 2.97. The highest BCUT2D eigenvalue weighted by Gasteiger charge is 2.15. The van der Waals surface area contributed by atoms with E-state index >= 15 is 0 Å². The van der Waals surface area contributed by atoms with Gasteiger partial charge in [-0.1, -0.05) is 6.07 Å². The number of ether oxygens (including phenoxy) is 4. The van der Waals surface area contributed by atoms with Crippen LogP contribution in [0.1, 0.15) is 26.3 Å². The SMILES string of the molecule is COC[C@H](C)OC(=O)/C(C#N)=C/c1ccc(OC(C)C)c(OC)c1. The largest absolute Gasteiger partial charge is 0.493 e. The molecule has 1 atom stereocenters. The van der Waals surface area contributed by atoms with Gasteiger partial charge in [0.2, 0.25) is 0 Å². The van der Waals surface area contributed by atoms with E-state index in [1.807, 2.05) is 19.9 Å². The molecular formula is C18H23NO5. The molecule has 0 aliphatic rings. The average Bonchev–Trinajstić information content (AvgIpc) is 2.53. The Kier molecular flexibility index (Phi) is 7.80. The van der Waals surface area contributed by atoms with E-state index in [4.69, 9.17) is 18.9 Å². The number of nitrogens with zero attached hydrogens (tertiary/aromatic N) is 1. The maximum atomic E-state index is 12.0. The van der Waals surface area contributed by atoms with Crippen LogP contribution < -0.4 is 9.47 Å². The standard InChI is InChI=1S/C18H23NO5/c1-12(2)23-16-7-6-14(9-17(16)22-5)8-15(10-19)18(20)24-13(3)11-21-4/h6-9,12-13H,11H2,1-5H3/b15-8+/t13-/m0/s1. The van der Waals surface area contributed by atoms with E-state index in [0.29, 0.717) is 17.1 Å². The lowest BCUT2D eigenvalue weighted by atomic mass is 10.1. The van der Waals surface area contributed by atoms with Crippen LogP contribution in [0.15, 0.2) is 23.8 Å². The second kappa shape index (κ2) is 9.58. The molecule has 0 N–H and O–H groups in total. The Morgan fingerprint density at radius 3 is 2.50 bits per heavy atom. The molecule has 130 valence electrons. The summed E-state index contributed by atoms with van der Waals surface area (Å²) >= 11 is 0. The minimum absolute atomic E-state index is 0.00668. The van der Waals surface area contributed by atoms with Gasteiger partial charge in [0.25, 0.3) is 0 Å². The molecule has 0 fully saturated rings. The molecule has 0 spiro atoms. The fourth-order valence-corrected chi connectivity index (χ4v) is 1.94. The number of esters is 1. The molecule has 0 bridgehead atoms. The van der Waals surface area contributed by atoms with Crippen LogP contribution in [0.25, 0.3) is 6.08 Å². The van der Waals surface area contributed by atoms with Crippen molar-refractivity contribution in [2.24, 2.45) is 0 Å². The molecule has 1 aromatic carbocycles. The molecule has 0 radical (unpaired) electrons. The van der Waals surface area contributed by atoms with E-state index in [-0.39, 0.29) is 18.3 Å². The number of carbonyl (C=O) groups is 1. The van der Waals surface area contributed by atoms with Crippen LogP contribution in [0.2, 0.25) is 0 Å². The first-order chi connectivity index (χ1) is 11.4. The van der Waals surface area contributed by atoms with Gasteiger partial charge < -0.3 is 18.9 Å². The number of nitriles is 1. The minimum atomic E-state index is -0.691. The quantitative estimate of drug-likeness (QED) is 0.413. The molecule has 0 unspecified atom stereocenters. The van der Waals surface area contributed by atoms with Crippen molar-refractivity contribution < 1.29 is 23.7 Å². The van der Waals surface area contributed by atoms with Gasteiger partial charge in [0.15, 0.2) is 11.5 Å².